The van der Waals surface area contributed by atoms with Crippen molar-refractivity contribution in [3.05, 3.63) is 59.1 Å². The zero-order valence-corrected chi connectivity index (χ0v) is 21.2. The predicted octanol–water partition coefficient (Wildman–Crippen LogP) is 5.10. The minimum absolute atomic E-state index is 0.0807. The van der Waals surface area contributed by atoms with Crippen molar-refractivity contribution in [1.29, 1.82) is 0 Å². The molecule has 0 unspecified atom stereocenters. The Kier molecular flexibility index (Phi) is 6.89. The van der Waals surface area contributed by atoms with Gasteiger partial charge in [0.2, 0.25) is 11.8 Å². The van der Waals surface area contributed by atoms with Crippen LogP contribution in [0.3, 0.4) is 0 Å². The lowest BCUT2D eigenvalue weighted by Gasteiger charge is -2.33. The summed E-state index contributed by atoms with van der Waals surface area (Å²) in [5.74, 6) is -0.150. The van der Waals surface area contributed by atoms with E-state index in [9.17, 15) is 9.59 Å². The second kappa shape index (κ2) is 9.70. The van der Waals surface area contributed by atoms with Gasteiger partial charge in [0.1, 0.15) is 17.7 Å². The summed E-state index contributed by atoms with van der Waals surface area (Å²) in [7, 11) is 0. The van der Waals surface area contributed by atoms with E-state index in [1.165, 1.54) is 0 Å². The van der Waals surface area contributed by atoms with E-state index in [0.29, 0.717) is 18.7 Å². The van der Waals surface area contributed by atoms with E-state index in [1.807, 2.05) is 76.7 Å². The van der Waals surface area contributed by atoms with Gasteiger partial charge in [0.25, 0.3) is 0 Å². The molecule has 1 N–H and O–H groups in total. The normalized spacial score (nSPS) is 18.0. The van der Waals surface area contributed by atoms with Crippen molar-refractivity contribution in [3.63, 3.8) is 0 Å². The number of aromatic nitrogens is 2. The first-order valence-corrected chi connectivity index (χ1v) is 12.6. The van der Waals surface area contributed by atoms with E-state index in [4.69, 9.17) is 4.52 Å². The number of aryl methyl sites for hydroxylation is 1. The molecule has 0 radical (unpaired) electrons. The molecule has 180 valence electrons. The summed E-state index contributed by atoms with van der Waals surface area (Å²) in [5, 5.41) is 7.10. The second-order valence-electron chi connectivity index (χ2n) is 10.1. The molecule has 34 heavy (non-hydrogen) atoms. The molecule has 2 aromatic heterocycles. The first kappa shape index (κ1) is 24.1. The summed E-state index contributed by atoms with van der Waals surface area (Å²) in [6, 6.07) is 9.31. The van der Waals surface area contributed by atoms with Crippen molar-refractivity contribution in [2.45, 2.75) is 65.5 Å². The van der Waals surface area contributed by atoms with E-state index in [1.54, 1.807) is 16.2 Å². The molecule has 1 aromatic carbocycles. The van der Waals surface area contributed by atoms with E-state index in [-0.39, 0.29) is 23.3 Å². The summed E-state index contributed by atoms with van der Waals surface area (Å²) in [4.78, 5) is 33.9. The lowest BCUT2D eigenvalue weighted by Crippen LogP contribution is -2.49. The molecular formula is C26H32N4O3S. The van der Waals surface area contributed by atoms with Crippen LogP contribution in [-0.4, -0.2) is 39.4 Å². The first-order valence-electron chi connectivity index (χ1n) is 11.7. The topological polar surface area (TPSA) is 88.3 Å². The standard InChI is InChI=1S/C26H32N4O3S/c1-16-13-21(33-29-16)23(26(3,4)5)25(32)30-12-6-7-20(30)24(31)28-17(2)18-8-10-19(11-9-18)22-14-27-15-34-22/h8-11,13-15,17,20,23H,6-7,12H2,1-5H3,(H,28,31)/t17-,20-,23+/m0/s1. The first-order chi connectivity index (χ1) is 16.1. The lowest BCUT2D eigenvalue weighted by atomic mass is 9.78. The molecule has 3 aromatic rings. The van der Waals surface area contributed by atoms with Crippen molar-refractivity contribution in [2.75, 3.05) is 6.54 Å². The zero-order valence-electron chi connectivity index (χ0n) is 20.4. The fourth-order valence-electron chi connectivity index (χ4n) is 4.59. The van der Waals surface area contributed by atoms with Gasteiger partial charge >= 0.3 is 0 Å². The zero-order chi connectivity index (χ0) is 24.5. The summed E-state index contributed by atoms with van der Waals surface area (Å²) in [6.45, 7) is 10.4. The van der Waals surface area contributed by atoms with Crippen LogP contribution in [0, 0.1) is 12.3 Å². The molecule has 3 atom stereocenters. The van der Waals surface area contributed by atoms with Crippen molar-refractivity contribution in [1.82, 2.24) is 20.4 Å². The number of nitrogens with zero attached hydrogens (tertiary/aromatic N) is 3. The number of nitrogens with one attached hydrogen (secondary N) is 1. The van der Waals surface area contributed by atoms with Crippen LogP contribution in [0.5, 0.6) is 0 Å². The molecule has 7 nitrogen and oxygen atoms in total. The van der Waals surface area contributed by atoms with Crippen LogP contribution in [0.2, 0.25) is 0 Å². The predicted molar refractivity (Wildman–Crippen MR) is 132 cm³/mol. The number of likely N-dealkylation sites (tertiary alicyclic amines) is 1. The van der Waals surface area contributed by atoms with Gasteiger partial charge in [-0.05, 0) is 43.2 Å². The molecule has 0 spiro atoms. The molecule has 0 saturated carbocycles. The highest BCUT2D eigenvalue weighted by atomic mass is 32.1. The van der Waals surface area contributed by atoms with Gasteiger partial charge in [0.05, 0.1) is 22.1 Å². The summed E-state index contributed by atoms with van der Waals surface area (Å²) in [6.07, 6.45) is 3.30. The van der Waals surface area contributed by atoms with Crippen LogP contribution in [0.4, 0.5) is 0 Å². The van der Waals surface area contributed by atoms with Crippen LogP contribution < -0.4 is 5.32 Å². The molecule has 3 heterocycles. The van der Waals surface area contributed by atoms with Gasteiger partial charge in [-0.3, -0.25) is 14.6 Å². The van der Waals surface area contributed by atoms with Gasteiger partial charge in [-0.15, -0.1) is 11.3 Å². The average Bonchev–Trinajstić information content (AvgIpc) is 3.55. The highest BCUT2D eigenvalue weighted by Crippen LogP contribution is 2.38. The Morgan fingerprint density at radius 2 is 1.97 bits per heavy atom. The van der Waals surface area contributed by atoms with Gasteiger partial charge in [-0.1, -0.05) is 50.2 Å². The third-order valence-electron chi connectivity index (χ3n) is 6.37. The quantitative estimate of drug-likeness (QED) is 0.530. The van der Waals surface area contributed by atoms with Gasteiger partial charge in [0.15, 0.2) is 0 Å². The Labute approximate surface area is 204 Å². The highest BCUT2D eigenvalue weighted by Gasteiger charge is 2.43. The Bertz CT molecular complexity index is 1130. The van der Waals surface area contributed by atoms with Crippen molar-refractivity contribution in [2.24, 2.45) is 5.41 Å². The number of amides is 2. The number of thiazole rings is 1. The maximum Gasteiger partial charge on any atom is 0.243 e. The monoisotopic (exact) mass is 480 g/mol. The summed E-state index contributed by atoms with van der Waals surface area (Å²) >= 11 is 1.60. The number of rotatable bonds is 6. The molecule has 1 saturated heterocycles. The van der Waals surface area contributed by atoms with E-state index < -0.39 is 12.0 Å². The number of benzene rings is 1. The largest absolute Gasteiger partial charge is 0.360 e. The molecule has 1 fully saturated rings. The Morgan fingerprint density at radius 3 is 2.56 bits per heavy atom. The van der Waals surface area contributed by atoms with Crippen LogP contribution in [-0.2, 0) is 9.59 Å². The maximum absolute atomic E-state index is 13.7. The van der Waals surface area contributed by atoms with E-state index >= 15 is 0 Å². The number of hydrogen-bond donors (Lipinski definition) is 1. The molecule has 2 amide bonds. The summed E-state index contributed by atoms with van der Waals surface area (Å²) < 4.78 is 5.49. The third-order valence-corrected chi connectivity index (χ3v) is 7.19. The molecular weight excluding hydrogens is 448 g/mol. The average molecular weight is 481 g/mol. The minimum atomic E-state index is -0.501. The highest BCUT2D eigenvalue weighted by molar-refractivity contribution is 7.13. The Hall–Kier alpha value is -3.00. The lowest BCUT2D eigenvalue weighted by molar-refractivity contribution is -0.142. The molecule has 4 rings (SSSR count). The third kappa shape index (κ3) is 5.06. The smallest absolute Gasteiger partial charge is 0.243 e. The number of hydrogen-bond acceptors (Lipinski definition) is 6. The molecule has 1 aliphatic heterocycles. The Balaban J connectivity index is 1.46. The fourth-order valence-corrected chi connectivity index (χ4v) is 5.22. The van der Waals surface area contributed by atoms with E-state index in [0.717, 1.165) is 28.1 Å². The summed E-state index contributed by atoms with van der Waals surface area (Å²) in [5.41, 5.74) is 4.30. The SMILES string of the molecule is Cc1cc([C@H](C(=O)N2CCC[C@H]2C(=O)N[C@@H](C)c2ccc(-c3cncs3)cc2)C(C)(C)C)on1. The van der Waals surface area contributed by atoms with Gasteiger partial charge in [-0.25, -0.2) is 0 Å². The minimum Gasteiger partial charge on any atom is -0.360 e. The van der Waals surface area contributed by atoms with Crippen LogP contribution in [0.1, 0.15) is 69.5 Å². The molecule has 8 heteroatoms. The fraction of sp³-hybridized carbons (Fsp3) is 0.462. The second-order valence-corrected chi connectivity index (χ2v) is 11.0. The molecule has 1 aliphatic rings. The van der Waals surface area contributed by atoms with Crippen molar-refractivity contribution >= 4 is 23.2 Å². The van der Waals surface area contributed by atoms with Crippen LogP contribution in [0.15, 0.2) is 46.6 Å². The van der Waals surface area contributed by atoms with Gasteiger partial charge in [0, 0.05) is 18.8 Å². The van der Waals surface area contributed by atoms with Gasteiger partial charge in [-0.2, -0.15) is 0 Å². The van der Waals surface area contributed by atoms with Crippen molar-refractivity contribution in [3.8, 4) is 10.4 Å². The maximum atomic E-state index is 13.7. The van der Waals surface area contributed by atoms with Crippen LogP contribution in [0.25, 0.3) is 10.4 Å². The van der Waals surface area contributed by atoms with E-state index in [2.05, 4.69) is 15.5 Å². The molecule has 0 bridgehead atoms. The molecule has 0 aliphatic carbocycles. The van der Waals surface area contributed by atoms with Gasteiger partial charge < -0.3 is 14.7 Å². The van der Waals surface area contributed by atoms with Crippen LogP contribution >= 0.6 is 11.3 Å². The number of carbonyl (C=O) groups excluding carboxylic acids is 2. The van der Waals surface area contributed by atoms with Crippen molar-refractivity contribution < 1.29 is 14.1 Å². The number of carbonyl (C=O) groups is 2. The Morgan fingerprint density at radius 1 is 1.24 bits per heavy atom.